The summed E-state index contributed by atoms with van der Waals surface area (Å²) >= 11 is 6.13. The van der Waals surface area contributed by atoms with Crippen LogP contribution >= 0.6 is 11.6 Å². The fourth-order valence-electron chi connectivity index (χ4n) is 10.7. The smallest absolute Gasteiger partial charge is 0.329 e. The van der Waals surface area contributed by atoms with E-state index >= 15 is 0 Å². The van der Waals surface area contributed by atoms with E-state index in [9.17, 15) is 9.59 Å². The zero-order valence-electron chi connectivity index (χ0n) is 29.7. The second-order valence-corrected chi connectivity index (χ2v) is 16.6. The summed E-state index contributed by atoms with van der Waals surface area (Å²) < 4.78 is 11.3. The van der Waals surface area contributed by atoms with Crippen LogP contribution in [0.15, 0.2) is 35.9 Å². The standard InChI is InChI=1S/C40H60ClNO4/c1-8-36(42(25-37(43)45-7)30-15-13-29(41)14-16-30)38(44)46-31-20-22-39(5)28(24-31)12-17-32-34-19-18-33(27(4)11-9-10-26(2)3)40(34,6)23-21-35(32)39/h12-16,26-27,31-36H,8-11,17-25H2,1-7H3/t27-,31+,32+,33-,34+,35+,36-,39+,40-/m1/s1. The number of ether oxygens (including phenoxy) is 2. The van der Waals surface area contributed by atoms with Crippen molar-refractivity contribution in [2.45, 2.75) is 131 Å². The fourth-order valence-corrected chi connectivity index (χ4v) is 10.9. The number of carbonyl (C=O) groups excluding carboxylic acids is 2. The fraction of sp³-hybridized carbons (Fsp3) is 0.750. The van der Waals surface area contributed by atoms with Crippen LogP contribution in [0.5, 0.6) is 0 Å². The van der Waals surface area contributed by atoms with Crippen LogP contribution in [-0.4, -0.2) is 37.7 Å². The van der Waals surface area contributed by atoms with Crippen molar-refractivity contribution in [1.82, 2.24) is 0 Å². The lowest BCUT2D eigenvalue weighted by atomic mass is 9.47. The van der Waals surface area contributed by atoms with Gasteiger partial charge in [-0.3, -0.25) is 4.79 Å². The number of carbonyl (C=O) groups is 2. The van der Waals surface area contributed by atoms with Gasteiger partial charge in [-0.05, 0) is 122 Å². The molecule has 0 saturated heterocycles. The van der Waals surface area contributed by atoms with Gasteiger partial charge in [-0.1, -0.05) is 84.1 Å². The Morgan fingerprint density at radius 3 is 2.41 bits per heavy atom. The van der Waals surface area contributed by atoms with Crippen LogP contribution < -0.4 is 4.90 Å². The molecule has 6 heteroatoms. The minimum absolute atomic E-state index is 0.0274. The van der Waals surface area contributed by atoms with Crippen molar-refractivity contribution in [3.63, 3.8) is 0 Å². The maximum atomic E-state index is 13.7. The molecule has 3 saturated carbocycles. The molecule has 0 N–H and O–H groups in total. The molecule has 256 valence electrons. The van der Waals surface area contributed by atoms with E-state index in [-0.39, 0.29) is 24.0 Å². The van der Waals surface area contributed by atoms with Gasteiger partial charge in [0.15, 0.2) is 0 Å². The van der Waals surface area contributed by atoms with E-state index in [1.807, 2.05) is 19.1 Å². The van der Waals surface area contributed by atoms with E-state index in [4.69, 9.17) is 21.1 Å². The molecule has 4 aliphatic carbocycles. The van der Waals surface area contributed by atoms with Gasteiger partial charge in [0, 0.05) is 17.1 Å². The van der Waals surface area contributed by atoms with Crippen molar-refractivity contribution in [2.75, 3.05) is 18.6 Å². The van der Waals surface area contributed by atoms with Gasteiger partial charge in [-0.15, -0.1) is 0 Å². The monoisotopic (exact) mass is 653 g/mol. The Labute approximate surface area is 284 Å². The summed E-state index contributed by atoms with van der Waals surface area (Å²) in [5.41, 5.74) is 2.97. The molecular formula is C40H60ClNO4. The first kappa shape index (κ1) is 35.3. The number of allylic oxidation sites excluding steroid dienone is 1. The molecule has 5 nitrogen and oxygen atoms in total. The SMILES string of the molecule is CC[C@H](C(=O)O[C@H]1CC[C@@]2(C)C(=CC[C@H]3[C@@H]4CC[C@H]([C@H](C)CCCC(C)C)[C@@]4(C)CC[C@@H]32)C1)N(CC(=O)OC)c1ccc(Cl)cc1. The van der Waals surface area contributed by atoms with Gasteiger partial charge >= 0.3 is 11.9 Å². The quantitative estimate of drug-likeness (QED) is 0.166. The number of anilines is 1. The number of hydrogen-bond acceptors (Lipinski definition) is 5. The lowest BCUT2D eigenvalue weighted by Gasteiger charge is -2.58. The van der Waals surface area contributed by atoms with Crippen LogP contribution in [-0.2, 0) is 19.1 Å². The summed E-state index contributed by atoms with van der Waals surface area (Å²) in [6, 6.07) is 6.64. The highest BCUT2D eigenvalue weighted by molar-refractivity contribution is 6.30. The van der Waals surface area contributed by atoms with Crippen LogP contribution in [0, 0.1) is 46.3 Å². The van der Waals surface area contributed by atoms with Gasteiger partial charge < -0.3 is 14.4 Å². The molecule has 0 aliphatic heterocycles. The maximum absolute atomic E-state index is 13.7. The summed E-state index contributed by atoms with van der Waals surface area (Å²) in [6.07, 6.45) is 16.6. The van der Waals surface area contributed by atoms with Crippen molar-refractivity contribution in [3.05, 3.63) is 40.9 Å². The van der Waals surface area contributed by atoms with Crippen LogP contribution in [0.25, 0.3) is 0 Å². The third-order valence-corrected chi connectivity index (χ3v) is 13.5. The molecule has 1 aromatic rings. The Morgan fingerprint density at radius 1 is 1.00 bits per heavy atom. The Bertz CT molecular complexity index is 1240. The number of halogens is 1. The molecule has 0 spiro atoms. The van der Waals surface area contributed by atoms with Gasteiger partial charge in [0.05, 0.1) is 7.11 Å². The molecule has 3 fully saturated rings. The number of hydrogen-bond donors (Lipinski definition) is 0. The molecule has 5 rings (SSSR count). The molecule has 4 aliphatic rings. The average Bonchev–Trinajstić information content (AvgIpc) is 3.38. The summed E-state index contributed by atoms with van der Waals surface area (Å²) in [7, 11) is 1.37. The highest BCUT2D eigenvalue weighted by Gasteiger charge is 2.59. The Hall–Kier alpha value is -2.01. The van der Waals surface area contributed by atoms with E-state index in [2.05, 4.69) is 40.7 Å². The second kappa shape index (κ2) is 14.6. The van der Waals surface area contributed by atoms with E-state index in [0.717, 1.165) is 60.5 Å². The number of esters is 2. The zero-order chi connectivity index (χ0) is 33.2. The first-order chi connectivity index (χ1) is 21.9. The van der Waals surface area contributed by atoms with Gasteiger partial charge in [-0.25, -0.2) is 4.79 Å². The number of benzene rings is 1. The molecule has 0 amide bonds. The highest BCUT2D eigenvalue weighted by Crippen LogP contribution is 2.67. The predicted molar refractivity (Wildman–Crippen MR) is 188 cm³/mol. The third-order valence-electron chi connectivity index (χ3n) is 13.3. The van der Waals surface area contributed by atoms with Crippen LogP contribution in [0.2, 0.25) is 5.02 Å². The maximum Gasteiger partial charge on any atom is 0.329 e. The molecular weight excluding hydrogens is 594 g/mol. The van der Waals surface area contributed by atoms with Gasteiger partial charge in [0.1, 0.15) is 18.7 Å². The van der Waals surface area contributed by atoms with Gasteiger partial charge in [0.2, 0.25) is 0 Å². The molecule has 0 aromatic heterocycles. The third kappa shape index (κ3) is 7.06. The predicted octanol–water partition coefficient (Wildman–Crippen LogP) is 10.1. The Morgan fingerprint density at radius 2 is 1.74 bits per heavy atom. The van der Waals surface area contributed by atoms with Crippen molar-refractivity contribution < 1.29 is 19.1 Å². The number of rotatable bonds is 12. The largest absolute Gasteiger partial charge is 0.468 e. The first-order valence-electron chi connectivity index (χ1n) is 18.4. The summed E-state index contributed by atoms with van der Waals surface area (Å²) in [5, 5.41) is 0.604. The Kier molecular flexibility index (Phi) is 11.2. The summed E-state index contributed by atoms with van der Waals surface area (Å²) in [6.45, 7) is 14.4. The number of nitrogens with zero attached hydrogens (tertiary/aromatic N) is 1. The normalized spacial score (nSPS) is 33.2. The summed E-state index contributed by atoms with van der Waals surface area (Å²) in [4.78, 5) is 27.9. The minimum atomic E-state index is -0.586. The van der Waals surface area contributed by atoms with E-state index in [0.29, 0.717) is 16.9 Å². The molecule has 46 heavy (non-hydrogen) atoms. The minimum Gasteiger partial charge on any atom is -0.468 e. The second-order valence-electron chi connectivity index (χ2n) is 16.2. The Balaban J connectivity index is 1.25. The first-order valence-corrected chi connectivity index (χ1v) is 18.8. The number of fused-ring (bicyclic) bond motifs is 5. The molecule has 0 heterocycles. The number of methoxy groups -OCH3 is 1. The van der Waals surface area contributed by atoms with Crippen molar-refractivity contribution in [1.29, 1.82) is 0 Å². The lowest BCUT2D eigenvalue weighted by Crippen LogP contribution is -2.51. The topological polar surface area (TPSA) is 55.8 Å². The van der Waals surface area contributed by atoms with Crippen LogP contribution in [0.1, 0.15) is 119 Å². The van der Waals surface area contributed by atoms with Crippen LogP contribution in [0.3, 0.4) is 0 Å². The average molecular weight is 654 g/mol. The van der Waals surface area contributed by atoms with E-state index < -0.39 is 12.0 Å². The zero-order valence-corrected chi connectivity index (χ0v) is 30.4. The lowest BCUT2D eigenvalue weighted by molar-refractivity contribution is -0.153. The van der Waals surface area contributed by atoms with E-state index in [1.54, 1.807) is 17.0 Å². The van der Waals surface area contributed by atoms with Gasteiger partial charge in [0.25, 0.3) is 0 Å². The van der Waals surface area contributed by atoms with Crippen LogP contribution in [0.4, 0.5) is 5.69 Å². The van der Waals surface area contributed by atoms with E-state index in [1.165, 1.54) is 64.0 Å². The van der Waals surface area contributed by atoms with Gasteiger partial charge in [-0.2, -0.15) is 0 Å². The summed E-state index contributed by atoms with van der Waals surface area (Å²) in [5.74, 6) is 4.21. The molecule has 1 aromatic carbocycles. The van der Waals surface area contributed by atoms with Crippen molar-refractivity contribution in [3.8, 4) is 0 Å². The van der Waals surface area contributed by atoms with Crippen molar-refractivity contribution >= 4 is 29.2 Å². The highest BCUT2D eigenvalue weighted by atomic mass is 35.5. The molecule has 0 unspecified atom stereocenters. The molecule has 9 atom stereocenters. The molecule has 0 radical (unpaired) electrons. The molecule has 0 bridgehead atoms. The van der Waals surface area contributed by atoms with Crippen molar-refractivity contribution in [2.24, 2.45) is 46.3 Å².